The molecular formula is C23H38N2O9. The Morgan fingerprint density at radius 3 is 1.97 bits per heavy atom. The lowest BCUT2D eigenvalue weighted by Gasteiger charge is -2.37. The molecule has 11 heteroatoms. The van der Waals surface area contributed by atoms with Gasteiger partial charge in [0.15, 0.2) is 24.0 Å². The summed E-state index contributed by atoms with van der Waals surface area (Å²) in [4.78, 5) is 37.9. The van der Waals surface area contributed by atoms with Crippen LogP contribution in [0.3, 0.4) is 0 Å². The zero-order valence-corrected chi connectivity index (χ0v) is 21.1. The third-order valence-electron chi connectivity index (χ3n) is 5.98. The highest BCUT2D eigenvalue weighted by Crippen LogP contribution is 2.44. The van der Waals surface area contributed by atoms with Crippen molar-refractivity contribution in [1.82, 2.24) is 10.6 Å². The van der Waals surface area contributed by atoms with Crippen molar-refractivity contribution in [1.29, 1.82) is 0 Å². The number of nitrogens with one attached hydrogen (secondary N) is 2. The smallest absolute Gasteiger partial charge is 0.326 e. The molecule has 0 unspecified atom stereocenters. The van der Waals surface area contributed by atoms with E-state index in [1.54, 1.807) is 41.5 Å². The monoisotopic (exact) mass is 486 g/mol. The van der Waals surface area contributed by atoms with Gasteiger partial charge in [0.2, 0.25) is 5.91 Å². The Kier molecular flexibility index (Phi) is 7.64. The predicted molar refractivity (Wildman–Crippen MR) is 118 cm³/mol. The molecule has 0 spiro atoms. The van der Waals surface area contributed by atoms with Gasteiger partial charge in [-0.1, -0.05) is 27.7 Å². The Labute approximate surface area is 200 Å². The van der Waals surface area contributed by atoms with E-state index in [1.165, 1.54) is 0 Å². The van der Waals surface area contributed by atoms with Crippen molar-refractivity contribution in [3.8, 4) is 0 Å². The van der Waals surface area contributed by atoms with E-state index in [2.05, 4.69) is 10.6 Å². The van der Waals surface area contributed by atoms with E-state index in [0.717, 1.165) is 0 Å². The molecule has 194 valence electrons. The minimum Gasteiger partial charge on any atom is -0.480 e. The summed E-state index contributed by atoms with van der Waals surface area (Å²) in [6.45, 7) is 14.2. The summed E-state index contributed by atoms with van der Waals surface area (Å²) in [6.07, 6.45) is -3.67. The van der Waals surface area contributed by atoms with Gasteiger partial charge in [-0.25, -0.2) is 4.79 Å². The molecule has 3 aliphatic heterocycles. The standard InChI is InChI=1S/C23H38N2O9/c1-10(2)9-12(20(28)29)24-18(26)13(11(3)4)25-19(27)16-14-15(32-22(5,6)31-14)17-21(30-16)34-23(7,8)33-17/h10-17,21H,9H2,1-8H3,(H,24,26)(H,25,27)(H,28,29)/t12-,13-,14+,15+,16+,17-,21+/m1/s1. The van der Waals surface area contributed by atoms with Gasteiger partial charge in [-0.05, 0) is 46.0 Å². The van der Waals surface area contributed by atoms with E-state index in [0.29, 0.717) is 0 Å². The molecule has 0 aromatic heterocycles. The Morgan fingerprint density at radius 2 is 1.41 bits per heavy atom. The highest BCUT2D eigenvalue weighted by atomic mass is 16.9. The molecule has 3 aliphatic rings. The van der Waals surface area contributed by atoms with Crippen LogP contribution in [0, 0.1) is 11.8 Å². The van der Waals surface area contributed by atoms with Gasteiger partial charge in [-0.2, -0.15) is 0 Å². The van der Waals surface area contributed by atoms with Gasteiger partial charge < -0.3 is 39.4 Å². The molecule has 34 heavy (non-hydrogen) atoms. The summed E-state index contributed by atoms with van der Waals surface area (Å²) in [5, 5.41) is 14.8. The zero-order chi connectivity index (χ0) is 25.6. The van der Waals surface area contributed by atoms with E-state index in [1.807, 2.05) is 13.8 Å². The largest absolute Gasteiger partial charge is 0.480 e. The molecule has 3 rings (SSSR count). The summed E-state index contributed by atoms with van der Waals surface area (Å²) >= 11 is 0. The first-order valence-corrected chi connectivity index (χ1v) is 11.8. The molecule has 3 fully saturated rings. The number of hydrogen-bond donors (Lipinski definition) is 3. The van der Waals surface area contributed by atoms with Crippen molar-refractivity contribution in [2.75, 3.05) is 0 Å². The van der Waals surface area contributed by atoms with Gasteiger partial charge >= 0.3 is 5.97 Å². The van der Waals surface area contributed by atoms with Crippen LogP contribution in [0.1, 0.15) is 61.8 Å². The van der Waals surface area contributed by atoms with Crippen molar-refractivity contribution in [2.24, 2.45) is 11.8 Å². The Hall–Kier alpha value is -1.79. The quantitative estimate of drug-likeness (QED) is 0.460. The summed E-state index contributed by atoms with van der Waals surface area (Å²) in [6, 6.07) is -2.03. The maximum absolute atomic E-state index is 13.4. The summed E-state index contributed by atoms with van der Waals surface area (Å²) in [5.41, 5.74) is 0. The molecule has 0 radical (unpaired) electrons. The molecule has 0 aliphatic carbocycles. The summed E-state index contributed by atoms with van der Waals surface area (Å²) in [5.74, 6) is -4.42. The van der Waals surface area contributed by atoms with E-state index >= 15 is 0 Å². The van der Waals surface area contributed by atoms with Crippen molar-refractivity contribution in [3.05, 3.63) is 0 Å². The van der Waals surface area contributed by atoms with E-state index < -0.39 is 72.1 Å². The topological polar surface area (TPSA) is 142 Å². The van der Waals surface area contributed by atoms with Gasteiger partial charge in [-0.15, -0.1) is 0 Å². The van der Waals surface area contributed by atoms with E-state index in [-0.39, 0.29) is 18.3 Å². The summed E-state index contributed by atoms with van der Waals surface area (Å²) in [7, 11) is 0. The van der Waals surface area contributed by atoms with Crippen molar-refractivity contribution >= 4 is 17.8 Å². The minimum absolute atomic E-state index is 0.0646. The number of fused-ring (bicyclic) bond motifs is 3. The molecule has 3 N–H and O–H groups in total. The predicted octanol–water partition coefficient (Wildman–Crippen LogP) is 1.14. The Balaban J connectivity index is 1.76. The number of hydrogen-bond acceptors (Lipinski definition) is 8. The van der Waals surface area contributed by atoms with Crippen LogP contribution in [0.4, 0.5) is 0 Å². The second-order valence-electron chi connectivity index (χ2n) is 10.8. The fourth-order valence-electron chi connectivity index (χ4n) is 4.55. The maximum Gasteiger partial charge on any atom is 0.326 e. The molecular weight excluding hydrogens is 448 g/mol. The lowest BCUT2D eigenvalue weighted by molar-refractivity contribution is -0.231. The number of carbonyl (C=O) groups is 3. The van der Waals surface area contributed by atoms with Gasteiger partial charge in [0.1, 0.15) is 30.4 Å². The number of carbonyl (C=O) groups excluding carboxylic acids is 2. The number of ether oxygens (including phenoxy) is 5. The van der Waals surface area contributed by atoms with Gasteiger partial charge in [0.25, 0.3) is 5.91 Å². The molecule has 0 saturated carbocycles. The summed E-state index contributed by atoms with van der Waals surface area (Å²) < 4.78 is 29.7. The molecule has 3 saturated heterocycles. The van der Waals surface area contributed by atoms with Crippen LogP contribution in [0.5, 0.6) is 0 Å². The maximum atomic E-state index is 13.4. The number of carboxylic acids is 1. The Morgan fingerprint density at radius 1 is 0.853 bits per heavy atom. The van der Waals surface area contributed by atoms with Crippen molar-refractivity contribution in [2.45, 2.75) is 116 Å². The van der Waals surface area contributed by atoms with Crippen molar-refractivity contribution in [3.63, 3.8) is 0 Å². The molecule has 0 aromatic rings. The zero-order valence-electron chi connectivity index (χ0n) is 21.1. The SMILES string of the molecule is CC(C)C[C@@H](NC(=O)[C@H](NC(=O)[C@H]1O[C@H]2OC(C)(C)O[C@@H]2[C@H]2OC(C)(C)O[C@@H]21)C(C)C)C(=O)O. The fraction of sp³-hybridized carbons (Fsp3) is 0.870. The average Bonchev–Trinajstić information content (AvgIpc) is 3.17. The normalized spacial score (nSPS) is 33.2. The molecule has 0 bridgehead atoms. The second kappa shape index (κ2) is 9.69. The van der Waals surface area contributed by atoms with Crippen molar-refractivity contribution < 1.29 is 43.2 Å². The molecule has 3 heterocycles. The minimum atomic E-state index is -1.12. The van der Waals surface area contributed by atoms with Crippen LogP contribution < -0.4 is 10.6 Å². The first-order valence-electron chi connectivity index (χ1n) is 11.8. The number of carboxylic acid groups (broad SMARTS) is 1. The Bertz CT molecular complexity index is 797. The van der Waals surface area contributed by atoms with Crippen LogP contribution in [0.25, 0.3) is 0 Å². The lowest BCUT2D eigenvalue weighted by atomic mass is 9.96. The first kappa shape index (κ1) is 26.8. The van der Waals surface area contributed by atoms with E-state index in [4.69, 9.17) is 23.7 Å². The molecule has 11 nitrogen and oxygen atoms in total. The van der Waals surface area contributed by atoms with Gasteiger partial charge in [-0.3, -0.25) is 9.59 Å². The molecule has 2 amide bonds. The second-order valence-corrected chi connectivity index (χ2v) is 10.8. The van der Waals surface area contributed by atoms with Crippen LogP contribution in [0.15, 0.2) is 0 Å². The highest BCUT2D eigenvalue weighted by molar-refractivity contribution is 5.92. The lowest BCUT2D eigenvalue weighted by Crippen LogP contribution is -2.62. The van der Waals surface area contributed by atoms with Gasteiger partial charge in [0.05, 0.1) is 0 Å². The first-order chi connectivity index (χ1) is 15.6. The fourth-order valence-corrected chi connectivity index (χ4v) is 4.55. The average molecular weight is 487 g/mol. The van der Waals surface area contributed by atoms with Crippen LogP contribution in [-0.4, -0.2) is 77.3 Å². The number of rotatable bonds is 8. The van der Waals surface area contributed by atoms with E-state index in [9.17, 15) is 19.5 Å². The highest BCUT2D eigenvalue weighted by Gasteiger charge is 2.62. The molecule has 7 atom stereocenters. The number of amides is 2. The number of aliphatic carboxylic acids is 1. The van der Waals surface area contributed by atoms with Crippen LogP contribution >= 0.6 is 0 Å². The third-order valence-corrected chi connectivity index (χ3v) is 5.98. The van der Waals surface area contributed by atoms with Crippen LogP contribution in [-0.2, 0) is 38.1 Å². The molecule has 0 aromatic carbocycles. The van der Waals surface area contributed by atoms with Gasteiger partial charge in [0, 0.05) is 0 Å². The third kappa shape index (κ3) is 5.88. The van der Waals surface area contributed by atoms with Crippen LogP contribution in [0.2, 0.25) is 0 Å².